The molecule has 0 saturated heterocycles. The summed E-state index contributed by atoms with van der Waals surface area (Å²) < 4.78 is 2.60. The Hall–Kier alpha value is -8.56. The summed E-state index contributed by atoms with van der Waals surface area (Å²) in [6.07, 6.45) is 9.52. The molecule has 1 heterocycles. The molecule has 0 N–H and O–H groups in total. The van der Waals surface area contributed by atoms with Crippen LogP contribution in [0, 0.1) is 0 Å². The van der Waals surface area contributed by atoms with Crippen LogP contribution in [-0.2, 0) is 11.8 Å². The second kappa shape index (κ2) is 16.5. The Morgan fingerprint density at radius 3 is 1.61 bits per heavy atom. The van der Waals surface area contributed by atoms with Gasteiger partial charge in [0.05, 0.1) is 0 Å². The predicted octanol–water partition coefficient (Wildman–Crippen LogP) is 19.8. The van der Waals surface area contributed by atoms with Gasteiger partial charge < -0.3 is 4.90 Å². The summed E-state index contributed by atoms with van der Waals surface area (Å²) in [6, 6.07) is 79.7. The zero-order valence-corrected chi connectivity index (χ0v) is 41.1. The third-order valence-corrected chi connectivity index (χ3v) is 16.8. The van der Waals surface area contributed by atoms with Crippen molar-refractivity contribution >= 4 is 54.1 Å². The number of nitrogens with zero attached hydrogens (tertiary/aromatic N) is 1. The van der Waals surface area contributed by atoms with Crippen molar-refractivity contribution in [2.45, 2.75) is 25.7 Å². The highest BCUT2D eigenvalue weighted by atomic mass is 32.1. The highest BCUT2D eigenvalue weighted by molar-refractivity contribution is 7.25. The third kappa shape index (κ3) is 6.67. The molecule has 0 atom stereocenters. The quantitative estimate of drug-likeness (QED) is 0.170. The average Bonchev–Trinajstić information content (AvgIpc) is 3.90. The van der Waals surface area contributed by atoms with Gasteiger partial charge in [0.15, 0.2) is 0 Å². The van der Waals surface area contributed by atoms with Crippen molar-refractivity contribution < 1.29 is 0 Å². The molecule has 2 heteroatoms. The Kier molecular flexibility index (Phi) is 9.71. The van der Waals surface area contributed by atoms with Crippen LogP contribution < -0.4 is 4.90 Å². The van der Waals surface area contributed by atoms with Gasteiger partial charge in [-0.3, -0.25) is 0 Å². The maximum Gasteiger partial charge on any atom is 0.0468 e. The molecule has 3 aliphatic rings. The van der Waals surface area contributed by atoms with Crippen LogP contribution in [-0.4, -0.2) is 0 Å². The van der Waals surface area contributed by atoms with E-state index in [0.29, 0.717) is 0 Å². The van der Waals surface area contributed by atoms with Crippen LogP contribution in [0.1, 0.15) is 36.1 Å². The summed E-state index contributed by atoms with van der Waals surface area (Å²) in [6.45, 7) is 9.23. The smallest absolute Gasteiger partial charge is 0.0468 e. The van der Waals surface area contributed by atoms with Crippen molar-refractivity contribution in [1.82, 2.24) is 0 Å². The van der Waals surface area contributed by atoms with E-state index in [-0.39, 0.29) is 5.41 Å². The molecule has 0 fully saturated rings. The topological polar surface area (TPSA) is 3.24 Å². The van der Waals surface area contributed by atoms with E-state index in [9.17, 15) is 0 Å². The first kappa shape index (κ1) is 42.3. The normalized spacial score (nSPS) is 14.6. The highest BCUT2D eigenvalue weighted by Gasteiger charge is 2.37. The zero-order chi connectivity index (χ0) is 48.1. The molecule has 0 amide bonds. The van der Waals surface area contributed by atoms with Gasteiger partial charge in [-0.15, -0.1) is 11.3 Å². The van der Waals surface area contributed by atoms with Crippen LogP contribution in [0.3, 0.4) is 0 Å². The van der Waals surface area contributed by atoms with Crippen molar-refractivity contribution in [3.63, 3.8) is 0 Å². The molecule has 0 saturated carbocycles. The van der Waals surface area contributed by atoms with E-state index in [1.807, 2.05) is 11.3 Å². The summed E-state index contributed by atoms with van der Waals surface area (Å²) in [4.78, 5) is 2.45. The lowest BCUT2D eigenvalue weighted by molar-refractivity contribution is 0.660. The minimum absolute atomic E-state index is 0.159. The second-order valence-electron chi connectivity index (χ2n) is 20.0. The van der Waals surface area contributed by atoms with Crippen LogP contribution in [0.2, 0.25) is 0 Å². The van der Waals surface area contributed by atoms with Gasteiger partial charge in [-0.2, -0.15) is 0 Å². The van der Waals surface area contributed by atoms with Crippen LogP contribution >= 0.6 is 11.3 Å². The molecule has 0 radical (unpaired) electrons. The van der Waals surface area contributed by atoms with Crippen LogP contribution in [0.25, 0.3) is 104 Å². The van der Waals surface area contributed by atoms with E-state index in [2.05, 4.69) is 262 Å². The van der Waals surface area contributed by atoms with Gasteiger partial charge in [-0.25, -0.2) is 0 Å². The van der Waals surface area contributed by atoms with Crippen molar-refractivity contribution in [2.24, 2.45) is 0 Å². The number of fused-ring (bicyclic) bond motifs is 17. The largest absolute Gasteiger partial charge is 0.310 e. The number of anilines is 3. The molecule has 0 aliphatic heterocycles. The van der Waals surface area contributed by atoms with E-state index in [1.165, 1.54) is 120 Å². The molecule has 0 unspecified atom stereocenters. The lowest BCUT2D eigenvalue weighted by atomic mass is 9.80. The van der Waals surface area contributed by atoms with Crippen LogP contribution in [0.5, 0.6) is 0 Å². The van der Waals surface area contributed by atoms with Gasteiger partial charge in [0.1, 0.15) is 0 Å². The number of rotatable bonds is 4. The molecule has 10 aromatic carbocycles. The van der Waals surface area contributed by atoms with Crippen LogP contribution in [0.15, 0.2) is 243 Å². The molecule has 1 aromatic heterocycles. The first-order chi connectivity index (χ1) is 35.4. The fourth-order valence-corrected chi connectivity index (χ4v) is 13.2. The van der Waals surface area contributed by atoms with Gasteiger partial charge in [0.25, 0.3) is 0 Å². The molecular weight excluding hydrogens is 887 g/mol. The Bertz CT molecular complexity index is 4110. The van der Waals surface area contributed by atoms with E-state index in [1.54, 1.807) is 0 Å². The van der Waals surface area contributed by atoms with Crippen molar-refractivity contribution in [1.29, 1.82) is 0 Å². The number of benzene rings is 10. The minimum Gasteiger partial charge on any atom is -0.310 e. The summed E-state index contributed by atoms with van der Waals surface area (Å²) in [5.74, 6) is 0. The molecule has 0 bridgehead atoms. The molecular formula is C70H49NS. The number of hydrogen-bond donors (Lipinski definition) is 0. The Morgan fingerprint density at radius 2 is 0.917 bits per heavy atom. The van der Waals surface area contributed by atoms with E-state index in [4.69, 9.17) is 0 Å². The lowest BCUT2D eigenvalue weighted by Gasteiger charge is -2.28. The maximum atomic E-state index is 4.46. The summed E-state index contributed by atoms with van der Waals surface area (Å²) in [5, 5.41) is 2.57. The predicted molar refractivity (Wildman–Crippen MR) is 309 cm³/mol. The number of thiophene rings is 1. The molecule has 3 aliphatic carbocycles. The summed E-state index contributed by atoms with van der Waals surface area (Å²) in [5.41, 5.74) is 27.0. The van der Waals surface area contributed by atoms with Crippen LogP contribution in [0.4, 0.5) is 17.1 Å². The van der Waals surface area contributed by atoms with E-state index in [0.717, 1.165) is 29.1 Å². The average molecular weight is 936 g/mol. The first-order valence-corrected chi connectivity index (χ1v) is 25.9. The Morgan fingerprint density at radius 1 is 0.389 bits per heavy atom. The van der Waals surface area contributed by atoms with Crippen molar-refractivity contribution in [3.8, 4) is 77.9 Å². The van der Waals surface area contributed by atoms with Gasteiger partial charge in [-0.05, 0) is 179 Å². The molecule has 72 heavy (non-hydrogen) atoms. The maximum absolute atomic E-state index is 4.46. The van der Waals surface area contributed by atoms with Gasteiger partial charge in [0.2, 0.25) is 0 Å². The summed E-state index contributed by atoms with van der Waals surface area (Å²) in [7, 11) is 0. The number of hydrogen-bond acceptors (Lipinski definition) is 2. The van der Waals surface area contributed by atoms with Crippen molar-refractivity contribution in [3.05, 3.63) is 265 Å². The van der Waals surface area contributed by atoms with Gasteiger partial charge in [0, 0.05) is 42.6 Å². The lowest BCUT2D eigenvalue weighted by Crippen LogP contribution is -2.15. The molecule has 11 aromatic rings. The fraction of sp³-hybridized carbons (Fsp3) is 0.0571. The molecule has 340 valence electrons. The highest BCUT2D eigenvalue weighted by Crippen LogP contribution is 2.53. The Labute approximate surface area is 425 Å². The fourth-order valence-electron chi connectivity index (χ4n) is 12.1. The van der Waals surface area contributed by atoms with E-state index >= 15 is 0 Å². The monoisotopic (exact) mass is 935 g/mol. The van der Waals surface area contributed by atoms with Gasteiger partial charge >= 0.3 is 0 Å². The Balaban J connectivity index is 0.906. The van der Waals surface area contributed by atoms with E-state index < -0.39 is 0 Å². The minimum atomic E-state index is -0.159. The zero-order valence-electron chi connectivity index (χ0n) is 40.3. The number of allylic oxidation sites excluding steroid dienone is 5. The molecule has 14 rings (SSSR count). The first-order valence-electron chi connectivity index (χ1n) is 25.1. The standard InChI is InChI=1S/C70H49NS/c1-44-17-5-4-6-18-47-40-64-63-39-46(31-37-66(63)70(2,3)67(64)43-61(47)52-20-8-7-19-51(44)52)45-29-32-48(33-30-45)71(50-35-38-69-65(42-50)60-27-15-16-28-68(60)72-69)49-34-36-59-57-25-12-11-23-55(57)53-21-9-10-22-54(53)56-24-13-14-26-58(56)62(59)41-49/h4-17,19-43H,1,18H2,2-3H3/b6-4-,17-5-,55-53?,56-54?,59-57?,62-58?. The SMILES string of the molecule is C=C1/C=C\C=C/Cc2cc3c(cc2-c2ccccc21)C(C)(C)c1ccc(-c2ccc(N(c4ccc5c(c4)-c4ccccc4-c4ccccc4-c4ccccc4-5)c4ccc5sc6ccccc6c5c4)cc2)cc1-3. The second-order valence-corrected chi connectivity index (χ2v) is 21.1. The van der Waals surface area contributed by atoms with Crippen molar-refractivity contribution in [2.75, 3.05) is 4.90 Å². The third-order valence-electron chi connectivity index (χ3n) is 15.6. The molecule has 0 spiro atoms. The summed E-state index contributed by atoms with van der Waals surface area (Å²) >= 11 is 1.86. The molecule has 1 nitrogen and oxygen atoms in total. The van der Waals surface area contributed by atoms with Gasteiger partial charge in [-0.1, -0.05) is 190 Å².